The van der Waals surface area contributed by atoms with Crippen LogP contribution >= 0.6 is 11.6 Å². The molecule has 1 atom stereocenters. The van der Waals surface area contributed by atoms with E-state index in [9.17, 15) is 4.79 Å². The van der Waals surface area contributed by atoms with Crippen LogP contribution in [0.3, 0.4) is 0 Å². The molecule has 2 heterocycles. The normalized spacial score (nSPS) is 27.9. The third-order valence-electron chi connectivity index (χ3n) is 3.40. The number of alkyl halides is 1. The molecule has 0 aromatic rings. The van der Waals surface area contributed by atoms with Crippen molar-refractivity contribution < 1.29 is 4.79 Å². The van der Waals surface area contributed by atoms with Gasteiger partial charge in [-0.1, -0.05) is 0 Å². The molecule has 2 rings (SSSR count). The van der Waals surface area contributed by atoms with E-state index in [-0.39, 0.29) is 0 Å². The van der Waals surface area contributed by atoms with Crippen LogP contribution in [-0.4, -0.2) is 54.3 Å². The van der Waals surface area contributed by atoms with Gasteiger partial charge in [-0.3, -0.25) is 4.79 Å². The van der Waals surface area contributed by atoms with E-state index >= 15 is 0 Å². The number of carbonyl (C=O) groups is 1. The summed E-state index contributed by atoms with van der Waals surface area (Å²) in [5, 5.41) is 0. The summed E-state index contributed by atoms with van der Waals surface area (Å²) in [7, 11) is 0. The van der Waals surface area contributed by atoms with Crippen molar-refractivity contribution in [2.45, 2.75) is 19.3 Å². The first-order chi connectivity index (χ1) is 7.29. The zero-order chi connectivity index (χ0) is 10.7. The molecule has 15 heavy (non-hydrogen) atoms. The van der Waals surface area contributed by atoms with Gasteiger partial charge in [0, 0.05) is 31.9 Å². The van der Waals surface area contributed by atoms with Crippen LogP contribution in [0.25, 0.3) is 0 Å². The van der Waals surface area contributed by atoms with Gasteiger partial charge >= 0.3 is 0 Å². The molecule has 4 heteroatoms. The highest BCUT2D eigenvalue weighted by molar-refractivity contribution is 6.18. The van der Waals surface area contributed by atoms with Crippen molar-refractivity contribution in [1.29, 1.82) is 0 Å². The molecule has 2 aliphatic rings. The predicted molar refractivity (Wildman–Crippen MR) is 61.1 cm³/mol. The monoisotopic (exact) mass is 230 g/mol. The number of hydrogen-bond acceptors (Lipinski definition) is 2. The average molecular weight is 231 g/mol. The third kappa shape index (κ3) is 2.85. The van der Waals surface area contributed by atoms with Gasteiger partial charge in [-0.05, 0) is 31.8 Å². The second kappa shape index (κ2) is 5.17. The Bertz CT molecular complexity index is 229. The number of likely N-dealkylation sites (tertiary alicyclic amines) is 2. The molecule has 1 amide bonds. The molecule has 0 aromatic heterocycles. The lowest BCUT2D eigenvalue weighted by Crippen LogP contribution is -2.34. The van der Waals surface area contributed by atoms with Gasteiger partial charge in [0.1, 0.15) is 0 Å². The zero-order valence-electron chi connectivity index (χ0n) is 9.12. The van der Waals surface area contributed by atoms with Crippen molar-refractivity contribution >= 4 is 17.5 Å². The molecule has 0 aromatic carbocycles. The van der Waals surface area contributed by atoms with Crippen molar-refractivity contribution in [1.82, 2.24) is 9.80 Å². The van der Waals surface area contributed by atoms with Crippen LogP contribution in [0.1, 0.15) is 19.3 Å². The standard InChI is InChI=1S/C11H19ClN2O/c12-8-10-7-11(15)14(9-10)6-5-13-3-1-2-4-13/h10H,1-9H2. The number of amides is 1. The van der Waals surface area contributed by atoms with Gasteiger partial charge < -0.3 is 9.80 Å². The Labute approximate surface area is 96.4 Å². The predicted octanol–water partition coefficient (Wildman–Crippen LogP) is 1.17. The van der Waals surface area contributed by atoms with E-state index in [1.165, 1.54) is 25.9 Å². The van der Waals surface area contributed by atoms with Crippen LogP contribution in [-0.2, 0) is 4.79 Å². The Morgan fingerprint density at radius 2 is 2.00 bits per heavy atom. The molecule has 3 nitrogen and oxygen atoms in total. The molecular formula is C11H19ClN2O. The lowest BCUT2D eigenvalue weighted by atomic mass is 10.1. The molecular weight excluding hydrogens is 212 g/mol. The van der Waals surface area contributed by atoms with Crippen LogP contribution in [0.2, 0.25) is 0 Å². The van der Waals surface area contributed by atoms with Crippen molar-refractivity contribution in [3.8, 4) is 0 Å². The van der Waals surface area contributed by atoms with Gasteiger partial charge in [0.05, 0.1) is 0 Å². The molecule has 2 aliphatic heterocycles. The van der Waals surface area contributed by atoms with E-state index in [4.69, 9.17) is 11.6 Å². The first-order valence-corrected chi connectivity index (χ1v) is 6.39. The fourth-order valence-corrected chi connectivity index (χ4v) is 2.65. The van der Waals surface area contributed by atoms with E-state index in [1.54, 1.807) is 0 Å². The summed E-state index contributed by atoms with van der Waals surface area (Å²) in [6.07, 6.45) is 3.29. The van der Waals surface area contributed by atoms with Gasteiger partial charge in [0.2, 0.25) is 5.91 Å². The Morgan fingerprint density at radius 1 is 1.27 bits per heavy atom. The quantitative estimate of drug-likeness (QED) is 0.677. The largest absolute Gasteiger partial charge is 0.341 e. The summed E-state index contributed by atoms with van der Waals surface area (Å²) < 4.78 is 0. The smallest absolute Gasteiger partial charge is 0.223 e. The number of carbonyl (C=O) groups excluding carboxylic acids is 1. The van der Waals surface area contributed by atoms with Crippen molar-refractivity contribution in [2.75, 3.05) is 38.6 Å². The zero-order valence-corrected chi connectivity index (χ0v) is 9.88. The van der Waals surface area contributed by atoms with E-state index in [2.05, 4.69) is 4.90 Å². The maximum absolute atomic E-state index is 11.6. The van der Waals surface area contributed by atoms with Gasteiger partial charge in [-0.2, -0.15) is 0 Å². The number of nitrogens with zero attached hydrogens (tertiary/aromatic N) is 2. The van der Waals surface area contributed by atoms with Crippen molar-refractivity contribution in [3.63, 3.8) is 0 Å². The molecule has 0 radical (unpaired) electrons. The maximum atomic E-state index is 11.6. The SMILES string of the molecule is O=C1CC(CCl)CN1CCN1CCCC1. The fraction of sp³-hybridized carbons (Fsp3) is 0.909. The number of hydrogen-bond donors (Lipinski definition) is 0. The van der Waals surface area contributed by atoms with Gasteiger partial charge in [-0.25, -0.2) is 0 Å². The topological polar surface area (TPSA) is 23.6 Å². The highest BCUT2D eigenvalue weighted by atomic mass is 35.5. The lowest BCUT2D eigenvalue weighted by molar-refractivity contribution is -0.127. The first kappa shape index (κ1) is 11.2. The minimum atomic E-state index is 0.292. The molecule has 86 valence electrons. The number of rotatable bonds is 4. The highest BCUT2D eigenvalue weighted by Crippen LogP contribution is 2.18. The Kier molecular flexibility index (Phi) is 3.87. The summed E-state index contributed by atoms with van der Waals surface area (Å²) in [5.74, 6) is 1.30. The highest BCUT2D eigenvalue weighted by Gasteiger charge is 2.28. The summed E-state index contributed by atoms with van der Waals surface area (Å²) in [5.41, 5.74) is 0. The van der Waals surface area contributed by atoms with Crippen LogP contribution < -0.4 is 0 Å². The molecule has 0 N–H and O–H groups in total. The summed E-state index contributed by atoms with van der Waals surface area (Å²) in [6.45, 7) is 5.23. The molecule has 1 unspecified atom stereocenters. The first-order valence-electron chi connectivity index (χ1n) is 5.85. The Balaban J connectivity index is 1.72. The lowest BCUT2D eigenvalue weighted by Gasteiger charge is -2.21. The molecule has 0 aliphatic carbocycles. The van der Waals surface area contributed by atoms with Crippen LogP contribution in [0.4, 0.5) is 0 Å². The second-order valence-electron chi connectivity index (χ2n) is 4.61. The van der Waals surface area contributed by atoms with Crippen LogP contribution in [0, 0.1) is 5.92 Å². The van der Waals surface area contributed by atoms with E-state index in [0.717, 1.165) is 19.6 Å². The van der Waals surface area contributed by atoms with Gasteiger partial charge in [0.25, 0.3) is 0 Å². The van der Waals surface area contributed by atoms with E-state index in [0.29, 0.717) is 24.1 Å². The Morgan fingerprint density at radius 3 is 2.60 bits per heavy atom. The van der Waals surface area contributed by atoms with Crippen molar-refractivity contribution in [3.05, 3.63) is 0 Å². The van der Waals surface area contributed by atoms with Crippen LogP contribution in [0.15, 0.2) is 0 Å². The molecule has 2 saturated heterocycles. The second-order valence-corrected chi connectivity index (χ2v) is 4.92. The van der Waals surface area contributed by atoms with E-state index < -0.39 is 0 Å². The van der Waals surface area contributed by atoms with Gasteiger partial charge in [0.15, 0.2) is 0 Å². The Hall–Kier alpha value is -0.280. The summed E-state index contributed by atoms with van der Waals surface area (Å²) >= 11 is 5.78. The molecule has 0 saturated carbocycles. The number of halogens is 1. The van der Waals surface area contributed by atoms with Crippen molar-refractivity contribution in [2.24, 2.45) is 5.92 Å². The summed E-state index contributed by atoms with van der Waals surface area (Å²) in [6, 6.07) is 0. The molecule has 0 bridgehead atoms. The minimum Gasteiger partial charge on any atom is -0.341 e. The molecule has 0 spiro atoms. The van der Waals surface area contributed by atoms with E-state index in [1.807, 2.05) is 4.90 Å². The van der Waals surface area contributed by atoms with Gasteiger partial charge in [-0.15, -0.1) is 11.6 Å². The molecule has 2 fully saturated rings. The minimum absolute atomic E-state index is 0.292. The maximum Gasteiger partial charge on any atom is 0.223 e. The fourth-order valence-electron chi connectivity index (χ4n) is 2.44. The third-order valence-corrected chi connectivity index (χ3v) is 3.83. The summed E-state index contributed by atoms with van der Waals surface area (Å²) in [4.78, 5) is 16.0. The van der Waals surface area contributed by atoms with Crippen LogP contribution in [0.5, 0.6) is 0 Å². The average Bonchev–Trinajstić information content (AvgIpc) is 2.84.